The first-order chi connectivity index (χ1) is 11.3. The predicted octanol–water partition coefficient (Wildman–Crippen LogP) is 1.90. The molecule has 24 heavy (non-hydrogen) atoms. The van der Waals surface area contributed by atoms with E-state index in [4.69, 9.17) is 4.74 Å². The van der Waals surface area contributed by atoms with Crippen LogP contribution in [0.3, 0.4) is 0 Å². The second kappa shape index (κ2) is 5.94. The Hall–Kier alpha value is -2.35. The van der Waals surface area contributed by atoms with E-state index in [0.29, 0.717) is 22.8 Å². The molecule has 1 aromatic carbocycles. The molecule has 0 atom stereocenters. The fourth-order valence-corrected chi connectivity index (χ4v) is 4.04. The molecule has 1 aliphatic heterocycles. The lowest BCUT2D eigenvalue weighted by molar-refractivity contribution is -0.118. The number of anilines is 1. The number of aromatic nitrogens is 2. The first kappa shape index (κ1) is 16.5. The van der Waals surface area contributed by atoms with Gasteiger partial charge < -0.3 is 10.1 Å². The van der Waals surface area contributed by atoms with Crippen molar-refractivity contribution in [1.29, 1.82) is 0 Å². The molecule has 128 valence electrons. The van der Waals surface area contributed by atoms with Gasteiger partial charge in [-0.25, -0.2) is 13.1 Å². The number of carbonyl (C=O) groups excluding carboxylic acids is 1. The van der Waals surface area contributed by atoms with E-state index in [1.165, 1.54) is 0 Å². The first-order valence-corrected chi connectivity index (χ1v) is 9.39. The SMILES string of the molecule is COc1ccc(-n2nc3c(c2NC(=O)C(C)C)CS(=O)(=O)C3)cc1. The summed E-state index contributed by atoms with van der Waals surface area (Å²) in [6.45, 7) is 3.56. The van der Waals surface area contributed by atoms with E-state index >= 15 is 0 Å². The Labute approximate surface area is 140 Å². The van der Waals surface area contributed by atoms with Gasteiger partial charge in [0.05, 0.1) is 30.0 Å². The standard InChI is InChI=1S/C16H19N3O4S/c1-10(2)16(20)17-15-13-8-24(21,22)9-14(13)18-19(15)11-4-6-12(23-3)7-5-11/h4-7,10H,8-9H2,1-3H3,(H,17,20). The molecule has 0 unspecified atom stereocenters. The Kier molecular flexibility index (Phi) is 4.08. The minimum atomic E-state index is -3.20. The van der Waals surface area contributed by atoms with Crippen LogP contribution in [0.25, 0.3) is 5.69 Å². The van der Waals surface area contributed by atoms with Gasteiger partial charge in [-0.15, -0.1) is 0 Å². The van der Waals surface area contributed by atoms with Crippen molar-refractivity contribution in [2.75, 3.05) is 12.4 Å². The number of carbonyl (C=O) groups is 1. The van der Waals surface area contributed by atoms with E-state index in [1.807, 2.05) is 0 Å². The summed E-state index contributed by atoms with van der Waals surface area (Å²) in [5.41, 5.74) is 1.78. The van der Waals surface area contributed by atoms with Crippen LogP contribution in [0.1, 0.15) is 25.1 Å². The van der Waals surface area contributed by atoms with Gasteiger partial charge in [-0.3, -0.25) is 4.79 Å². The number of nitrogens with zero attached hydrogens (tertiary/aromatic N) is 2. The maximum atomic E-state index is 12.1. The van der Waals surface area contributed by atoms with Crippen LogP contribution in [0.15, 0.2) is 24.3 Å². The fourth-order valence-electron chi connectivity index (χ4n) is 2.54. The van der Waals surface area contributed by atoms with Gasteiger partial charge in [0.1, 0.15) is 11.6 Å². The van der Waals surface area contributed by atoms with Crippen LogP contribution in [0.2, 0.25) is 0 Å². The van der Waals surface area contributed by atoms with Crippen LogP contribution in [0.5, 0.6) is 5.75 Å². The van der Waals surface area contributed by atoms with Gasteiger partial charge in [-0.05, 0) is 24.3 Å². The molecule has 7 nitrogen and oxygen atoms in total. The van der Waals surface area contributed by atoms with Crippen molar-refractivity contribution in [3.8, 4) is 11.4 Å². The smallest absolute Gasteiger partial charge is 0.228 e. The minimum absolute atomic E-state index is 0.101. The molecule has 0 aliphatic carbocycles. The predicted molar refractivity (Wildman–Crippen MR) is 89.9 cm³/mol. The Morgan fingerprint density at radius 2 is 1.92 bits per heavy atom. The molecule has 1 N–H and O–H groups in total. The van der Waals surface area contributed by atoms with E-state index in [1.54, 1.807) is 49.9 Å². The highest BCUT2D eigenvalue weighted by atomic mass is 32.2. The van der Waals surface area contributed by atoms with E-state index < -0.39 is 9.84 Å². The van der Waals surface area contributed by atoms with Crippen molar-refractivity contribution in [2.45, 2.75) is 25.4 Å². The molecule has 1 aliphatic rings. The van der Waals surface area contributed by atoms with Crippen molar-refractivity contribution in [3.63, 3.8) is 0 Å². The third-order valence-corrected chi connectivity index (χ3v) is 5.31. The normalized spacial score (nSPS) is 15.3. The summed E-state index contributed by atoms with van der Waals surface area (Å²) < 4.78 is 30.5. The molecular weight excluding hydrogens is 330 g/mol. The highest BCUT2D eigenvalue weighted by Gasteiger charge is 2.33. The third-order valence-electron chi connectivity index (χ3n) is 3.87. The van der Waals surface area contributed by atoms with Gasteiger partial charge in [0.15, 0.2) is 9.84 Å². The molecule has 0 bridgehead atoms. The van der Waals surface area contributed by atoms with Crippen LogP contribution < -0.4 is 10.1 Å². The number of sulfone groups is 1. The molecule has 0 radical (unpaired) electrons. The van der Waals surface area contributed by atoms with Gasteiger partial charge in [-0.1, -0.05) is 13.8 Å². The highest BCUT2D eigenvalue weighted by molar-refractivity contribution is 7.90. The van der Waals surface area contributed by atoms with Crippen LogP contribution >= 0.6 is 0 Å². The molecule has 2 aromatic rings. The molecule has 1 amide bonds. The number of ether oxygens (including phenoxy) is 1. The van der Waals surface area contributed by atoms with Crippen molar-refractivity contribution in [1.82, 2.24) is 9.78 Å². The average Bonchev–Trinajstić information content (AvgIpc) is 3.00. The molecule has 0 spiro atoms. The summed E-state index contributed by atoms with van der Waals surface area (Å²) in [6, 6.07) is 7.18. The number of hydrogen-bond donors (Lipinski definition) is 1. The van der Waals surface area contributed by atoms with Gasteiger partial charge in [0.25, 0.3) is 0 Å². The lowest BCUT2D eigenvalue weighted by Gasteiger charge is -2.12. The van der Waals surface area contributed by atoms with Gasteiger partial charge in [0, 0.05) is 11.5 Å². The molecule has 0 saturated carbocycles. The lowest BCUT2D eigenvalue weighted by Crippen LogP contribution is -2.21. The second-order valence-electron chi connectivity index (χ2n) is 6.06. The summed E-state index contributed by atoms with van der Waals surface area (Å²) >= 11 is 0. The number of methoxy groups -OCH3 is 1. The van der Waals surface area contributed by atoms with Crippen LogP contribution in [0, 0.1) is 5.92 Å². The first-order valence-electron chi connectivity index (χ1n) is 7.57. The van der Waals surface area contributed by atoms with E-state index in [9.17, 15) is 13.2 Å². The largest absolute Gasteiger partial charge is 0.497 e. The minimum Gasteiger partial charge on any atom is -0.497 e. The molecule has 0 fully saturated rings. The Morgan fingerprint density at radius 1 is 1.25 bits per heavy atom. The number of amides is 1. The number of nitrogens with one attached hydrogen (secondary N) is 1. The zero-order chi connectivity index (χ0) is 17.5. The summed E-state index contributed by atoms with van der Waals surface area (Å²) in [5.74, 6) is 0.515. The fraction of sp³-hybridized carbons (Fsp3) is 0.375. The van der Waals surface area contributed by atoms with E-state index in [2.05, 4.69) is 10.4 Å². The van der Waals surface area contributed by atoms with Gasteiger partial charge in [-0.2, -0.15) is 5.10 Å². The molecule has 8 heteroatoms. The van der Waals surface area contributed by atoms with Crippen LogP contribution in [-0.2, 0) is 26.1 Å². The maximum absolute atomic E-state index is 12.1. The van der Waals surface area contributed by atoms with Gasteiger partial charge in [0.2, 0.25) is 5.91 Å². The highest BCUT2D eigenvalue weighted by Crippen LogP contribution is 2.33. The topological polar surface area (TPSA) is 90.3 Å². The summed E-state index contributed by atoms with van der Waals surface area (Å²) in [5, 5.41) is 7.23. The van der Waals surface area contributed by atoms with Gasteiger partial charge >= 0.3 is 0 Å². The summed E-state index contributed by atoms with van der Waals surface area (Å²) in [4.78, 5) is 12.1. The average molecular weight is 349 g/mol. The maximum Gasteiger partial charge on any atom is 0.228 e. The van der Waals surface area contributed by atoms with E-state index in [-0.39, 0.29) is 23.3 Å². The van der Waals surface area contributed by atoms with Crippen LogP contribution in [-0.4, -0.2) is 31.2 Å². The molecular formula is C16H19N3O4S. The molecule has 1 aromatic heterocycles. The Bertz CT molecular complexity index is 883. The van der Waals surface area contributed by atoms with E-state index in [0.717, 1.165) is 5.69 Å². The van der Waals surface area contributed by atoms with Crippen molar-refractivity contribution in [2.24, 2.45) is 5.92 Å². The number of rotatable bonds is 4. The number of hydrogen-bond acceptors (Lipinski definition) is 5. The lowest BCUT2D eigenvalue weighted by atomic mass is 10.2. The second-order valence-corrected chi connectivity index (χ2v) is 8.12. The Morgan fingerprint density at radius 3 is 2.50 bits per heavy atom. The summed E-state index contributed by atoms with van der Waals surface area (Å²) in [6.07, 6.45) is 0. The van der Waals surface area contributed by atoms with Crippen molar-refractivity contribution >= 4 is 21.6 Å². The Balaban J connectivity index is 2.07. The van der Waals surface area contributed by atoms with Crippen LogP contribution in [0.4, 0.5) is 5.82 Å². The summed E-state index contributed by atoms with van der Waals surface area (Å²) in [7, 11) is -1.62. The molecule has 0 saturated heterocycles. The zero-order valence-corrected chi connectivity index (χ0v) is 14.6. The number of fused-ring (bicyclic) bond motifs is 1. The quantitative estimate of drug-likeness (QED) is 0.910. The zero-order valence-electron chi connectivity index (χ0n) is 13.7. The molecule has 3 rings (SSSR count). The van der Waals surface area contributed by atoms with Crippen molar-refractivity contribution in [3.05, 3.63) is 35.5 Å². The monoisotopic (exact) mass is 349 g/mol. The number of benzene rings is 1. The molecule has 2 heterocycles. The van der Waals surface area contributed by atoms with Crippen molar-refractivity contribution < 1.29 is 17.9 Å². The third kappa shape index (κ3) is 3.01.